The van der Waals surface area contributed by atoms with Crippen molar-refractivity contribution in [3.8, 4) is 11.1 Å². The van der Waals surface area contributed by atoms with Gasteiger partial charge in [-0.25, -0.2) is 13.9 Å². The van der Waals surface area contributed by atoms with Crippen molar-refractivity contribution >= 4 is 22.5 Å². The van der Waals surface area contributed by atoms with Crippen molar-refractivity contribution in [2.45, 2.75) is 32.4 Å². The lowest BCUT2D eigenvalue weighted by Crippen LogP contribution is -2.41. The summed E-state index contributed by atoms with van der Waals surface area (Å²) in [4.78, 5) is 16.3. The summed E-state index contributed by atoms with van der Waals surface area (Å²) in [5.41, 5.74) is 3.44. The molecule has 160 valence electrons. The molecular formula is C25H21FN4O2. The Kier molecular flexibility index (Phi) is 5.56. The molecule has 1 aromatic heterocycles. The lowest BCUT2D eigenvalue weighted by Gasteiger charge is -2.22. The number of halogens is 1. The topological polar surface area (TPSA) is 72.4 Å². The maximum absolute atomic E-state index is 13.2. The van der Waals surface area contributed by atoms with Crippen molar-refractivity contribution in [3.63, 3.8) is 0 Å². The Hall–Kier alpha value is -3.89. The number of ketones is 1. The fraction of sp³-hybridized carbons (Fsp3) is 0.200. The van der Waals surface area contributed by atoms with E-state index in [9.17, 15) is 14.3 Å². The smallest absolute Gasteiger partial charge is 0.190 e. The minimum Gasteiger partial charge on any atom is -0.380 e. The Labute approximate surface area is 184 Å². The van der Waals surface area contributed by atoms with E-state index >= 15 is 0 Å². The Morgan fingerprint density at radius 3 is 2.53 bits per heavy atom. The number of aliphatic hydroxyl groups is 1. The highest BCUT2D eigenvalue weighted by atomic mass is 19.1. The van der Waals surface area contributed by atoms with Crippen LogP contribution >= 0.6 is 0 Å². The largest absolute Gasteiger partial charge is 0.380 e. The fourth-order valence-electron chi connectivity index (χ4n) is 3.62. The van der Waals surface area contributed by atoms with E-state index in [1.165, 1.54) is 23.7 Å². The molecular weight excluding hydrogens is 407 g/mol. The summed E-state index contributed by atoms with van der Waals surface area (Å²) in [6, 6.07) is 16.9. The second-order valence-corrected chi connectivity index (χ2v) is 8.06. The van der Waals surface area contributed by atoms with Crippen LogP contribution in [0.2, 0.25) is 0 Å². The lowest BCUT2D eigenvalue weighted by atomic mass is 9.94. The van der Waals surface area contributed by atoms with Crippen LogP contribution < -0.4 is 0 Å². The van der Waals surface area contributed by atoms with E-state index in [1.807, 2.05) is 25.1 Å². The number of benzene rings is 3. The van der Waals surface area contributed by atoms with Gasteiger partial charge in [0.15, 0.2) is 11.5 Å². The number of carbonyl (C=O) groups is 1. The van der Waals surface area contributed by atoms with E-state index in [2.05, 4.69) is 15.2 Å². The molecule has 0 unspecified atom stereocenters. The first-order valence-electron chi connectivity index (χ1n) is 10.1. The van der Waals surface area contributed by atoms with Crippen LogP contribution in [0.5, 0.6) is 0 Å². The molecule has 1 heterocycles. The van der Waals surface area contributed by atoms with Gasteiger partial charge < -0.3 is 5.11 Å². The van der Waals surface area contributed by atoms with Gasteiger partial charge in [0.05, 0.1) is 18.6 Å². The van der Waals surface area contributed by atoms with Crippen LogP contribution in [0.4, 0.5) is 10.1 Å². The van der Waals surface area contributed by atoms with Crippen LogP contribution in [-0.2, 0) is 17.8 Å². The van der Waals surface area contributed by atoms with E-state index in [-0.39, 0.29) is 24.6 Å². The molecule has 32 heavy (non-hydrogen) atoms. The number of aromatic nitrogens is 3. The predicted octanol–water partition coefficient (Wildman–Crippen LogP) is 4.66. The van der Waals surface area contributed by atoms with E-state index < -0.39 is 5.60 Å². The van der Waals surface area contributed by atoms with Crippen molar-refractivity contribution < 1.29 is 14.3 Å². The number of carbonyl (C=O) groups excluding carboxylic acids is 1. The Morgan fingerprint density at radius 1 is 1.12 bits per heavy atom. The average molecular weight is 428 g/mol. The first kappa shape index (κ1) is 21.3. The van der Waals surface area contributed by atoms with Gasteiger partial charge in [0, 0.05) is 6.42 Å². The van der Waals surface area contributed by atoms with E-state index in [0.29, 0.717) is 16.7 Å². The normalized spacial score (nSPS) is 13.0. The van der Waals surface area contributed by atoms with Crippen molar-refractivity contribution in [3.05, 3.63) is 89.0 Å². The van der Waals surface area contributed by atoms with Crippen LogP contribution in [0, 0.1) is 19.3 Å². The molecule has 0 aliphatic carbocycles. The first-order valence-corrected chi connectivity index (χ1v) is 10.1. The van der Waals surface area contributed by atoms with Gasteiger partial charge in [0.2, 0.25) is 0 Å². The van der Waals surface area contributed by atoms with E-state index in [1.54, 1.807) is 30.3 Å². The van der Waals surface area contributed by atoms with E-state index in [4.69, 9.17) is 6.57 Å². The number of hydrogen-bond donors (Lipinski definition) is 1. The molecule has 4 aromatic rings. The Bertz CT molecular complexity index is 1350. The third-order valence-corrected chi connectivity index (χ3v) is 5.50. The molecule has 0 spiro atoms. The van der Waals surface area contributed by atoms with Gasteiger partial charge in [-0.2, -0.15) is 0 Å². The highest BCUT2D eigenvalue weighted by molar-refractivity contribution is 5.89. The van der Waals surface area contributed by atoms with Crippen LogP contribution in [0.3, 0.4) is 0 Å². The number of aryl methyl sites for hydroxylation is 1. The zero-order valence-corrected chi connectivity index (χ0v) is 17.7. The third kappa shape index (κ3) is 4.27. The number of rotatable bonds is 6. The maximum atomic E-state index is 13.2. The summed E-state index contributed by atoms with van der Waals surface area (Å²) in [6.07, 6.45) is 0.0491. The van der Waals surface area contributed by atoms with Crippen LogP contribution in [0.25, 0.3) is 27.0 Å². The predicted molar refractivity (Wildman–Crippen MR) is 120 cm³/mol. The number of fused-ring (bicyclic) bond motifs is 1. The van der Waals surface area contributed by atoms with Gasteiger partial charge in [0.25, 0.3) is 0 Å². The molecule has 3 aromatic carbocycles. The third-order valence-electron chi connectivity index (χ3n) is 5.50. The molecule has 0 bridgehead atoms. The second-order valence-electron chi connectivity index (χ2n) is 8.06. The van der Waals surface area contributed by atoms with Crippen molar-refractivity contribution in [1.82, 2.24) is 15.0 Å². The van der Waals surface area contributed by atoms with Gasteiger partial charge in [-0.15, -0.1) is 5.10 Å². The van der Waals surface area contributed by atoms with Gasteiger partial charge in [-0.1, -0.05) is 41.6 Å². The quantitative estimate of drug-likeness (QED) is 0.454. The molecule has 0 radical (unpaired) electrons. The molecule has 0 saturated carbocycles. The molecule has 6 nitrogen and oxygen atoms in total. The average Bonchev–Trinajstić information content (AvgIpc) is 3.15. The van der Waals surface area contributed by atoms with Gasteiger partial charge in [-0.05, 0) is 60.4 Å². The highest BCUT2D eigenvalue weighted by Gasteiger charge is 2.31. The molecule has 0 aliphatic heterocycles. The zero-order chi connectivity index (χ0) is 22.9. The molecule has 0 fully saturated rings. The summed E-state index contributed by atoms with van der Waals surface area (Å²) in [5.74, 6) is -0.649. The monoisotopic (exact) mass is 428 g/mol. The fourth-order valence-corrected chi connectivity index (χ4v) is 3.62. The second kappa shape index (κ2) is 8.33. The minimum absolute atomic E-state index is 0.0443. The van der Waals surface area contributed by atoms with Crippen molar-refractivity contribution in [2.24, 2.45) is 0 Å². The summed E-state index contributed by atoms with van der Waals surface area (Å²) in [6.45, 7) is 10.4. The van der Waals surface area contributed by atoms with Crippen LogP contribution in [0.15, 0.2) is 60.7 Å². The van der Waals surface area contributed by atoms with E-state index in [0.717, 1.165) is 22.3 Å². The van der Waals surface area contributed by atoms with Crippen LogP contribution in [0.1, 0.15) is 18.1 Å². The molecule has 0 saturated heterocycles. The molecule has 1 atom stereocenters. The number of hydrogen-bond acceptors (Lipinski definition) is 4. The summed E-state index contributed by atoms with van der Waals surface area (Å²) >= 11 is 0. The Balaban J connectivity index is 1.54. The SMILES string of the molecule is [C-]#[N+]c1ccc(CC(=O)[C@@](C)(O)Cn2nnc3cc(-c4ccc(F)cc4)ccc32)cc1C. The number of nitrogens with zero attached hydrogens (tertiary/aromatic N) is 4. The first-order chi connectivity index (χ1) is 15.3. The van der Waals surface area contributed by atoms with Gasteiger partial charge >= 0.3 is 0 Å². The van der Waals surface area contributed by atoms with Gasteiger partial charge in [-0.3, -0.25) is 4.79 Å². The standard InChI is InChI=1S/C25H21FN4O2/c1-16-12-17(4-10-21(16)27-3)13-24(31)25(2,32)15-30-23-11-7-19(14-22(23)28-29-30)18-5-8-20(26)9-6-18/h4-12,14,32H,13,15H2,1-2H3/t25-/m0/s1. The number of Topliss-reactive ketones (excluding diaryl/α,β-unsaturated/α-hetero) is 1. The van der Waals surface area contributed by atoms with Crippen molar-refractivity contribution in [2.75, 3.05) is 0 Å². The lowest BCUT2D eigenvalue weighted by molar-refractivity contribution is -0.136. The van der Waals surface area contributed by atoms with Gasteiger partial charge in [0.1, 0.15) is 16.9 Å². The van der Waals surface area contributed by atoms with Crippen molar-refractivity contribution in [1.29, 1.82) is 0 Å². The highest BCUT2D eigenvalue weighted by Crippen LogP contribution is 2.25. The summed E-state index contributed by atoms with van der Waals surface area (Å²) in [7, 11) is 0. The molecule has 4 rings (SSSR count). The molecule has 1 N–H and O–H groups in total. The molecule has 0 amide bonds. The maximum Gasteiger partial charge on any atom is 0.190 e. The minimum atomic E-state index is -1.65. The zero-order valence-electron chi connectivity index (χ0n) is 17.7. The summed E-state index contributed by atoms with van der Waals surface area (Å²) in [5, 5.41) is 19.2. The Morgan fingerprint density at radius 2 is 1.84 bits per heavy atom. The molecule has 7 heteroatoms. The molecule has 0 aliphatic rings. The summed E-state index contributed by atoms with van der Waals surface area (Å²) < 4.78 is 14.7. The van der Waals surface area contributed by atoms with Crippen LogP contribution in [-0.4, -0.2) is 31.5 Å².